The van der Waals surface area contributed by atoms with Crippen molar-refractivity contribution >= 4 is 17.4 Å². The van der Waals surface area contributed by atoms with E-state index in [1.807, 2.05) is 6.07 Å². The highest BCUT2D eigenvalue weighted by Crippen LogP contribution is 2.31. The van der Waals surface area contributed by atoms with Gasteiger partial charge in [-0.25, -0.2) is 4.98 Å². The molecule has 1 heterocycles. The second-order valence-corrected chi connectivity index (χ2v) is 5.17. The normalized spacial score (nSPS) is 15.5. The first-order valence-electron chi connectivity index (χ1n) is 5.99. The summed E-state index contributed by atoms with van der Waals surface area (Å²) >= 11 is 5.82. The van der Waals surface area contributed by atoms with Crippen LogP contribution in [0, 0.1) is 5.92 Å². The summed E-state index contributed by atoms with van der Waals surface area (Å²) in [6, 6.07) is 6.84. The highest BCUT2D eigenvalue weighted by atomic mass is 35.5. The molecule has 0 aliphatic heterocycles. The van der Waals surface area contributed by atoms with Gasteiger partial charge in [-0.3, -0.25) is 0 Å². The van der Waals surface area contributed by atoms with E-state index in [-0.39, 0.29) is 0 Å². The van der Waals surface area contributed by atoms with E-state index in [2.05, 4.69) is 35.9 Å². The minimum atomic E-state index is 0.494. The van der Waals surface area contributed by atoms with Crippen LogP contribution in [0.5, 0.6) is 0 Å². The molecule has 0 N–H and O–H groups in total. The van der Waals surface area contributed by atoms with E-state index in [9.17, 15) is 0 Å². The van der Waals surface area contributed by atoms with E-state index in [0.29, 0.717) is 17.8 Å². The number of alkyl halides is 1. The van der Waals surface area contributed by atoms with Crippen LogP contribution in [-0.4, -0.2) is 17.6 Å². The Labute approximate surface area is 103 Å². The number of rotatable bonds is 5. The number of aromatic nitrogens is 1. The van der Waals surface area contributed by atoms with Gasteiger partial charge in [-0.05, 0) is 30.9 Å². The second-order valence-electron chi connectivity index (χ2n) is 4.90. The fraction of sp³-hybridized carbons (Fsp3) is 0.615. The maximum Gasteiger partial charge on any atom is 0.129 e. The molecule has 0 amide bonds. The molecule has 0 saturated heterocycles. The van der Waals surface area contributed by atoms with Crippen LogP contribution in [0.25, 0.3) is 0 Å². The van der Waals surface area contributed by atoms with Gasteiger partial charge < -0.3 is 4.90 Å². The Morgan fingerprint density at radius 1 is 1.44 bits per heavy atom. The molecule has 1 aliphatic carbocycles. The Hall–Kier alpha value is -0.760. The molecule has 1 aliphatic rings. The Morgan fingerprint density at radius 2 is 2.19 bits per heavy atom. The van der Waals surface area contributed by atoms with E-state index in [1.165, 1.54) is 12.8 Å². The summed E-state index contributed by atoms with van der Waals surface area (Å²) in [6.07, 6.45) is 2.61. The van der Waals surface area contributed by atoms with Crippen LogP contribution in [0.3, 0.4) is 0 Å². The second kappa shape index (κ2) is 5.05. The van der Waals surface area contributed by atoms with Crippen LogP contribution >= 0.6 is 11.6 Å². The summed E-state index contributed by atoms with van der Waals surface area (Å²) < 4.78 is 0. The van der Waals surface area contributed by atoms with Crippen molar-refractivity contribution in [3.05, 3.63) is 23.9 Å². The molecule has 2 rings (SSSR count). The third-order valence-electron chi connectivity index (χ3n) is 2.77. The number of pyridine rings is 1. The average molecular weight is 239 g/mol. The van der Waals surface area contributed by atoms with E-state index >= 15 is 0 Å². The van der Waals surface area contributed by atoms with Crippen LogP contribution in [0.15, 0.2) is 18.2 Å². The molecular weight excluding hydrogens is 220 g/mol. The molecule has 0 radical (unpaired) electrons. The average Bonchev–Trinajstić information content (AvgIpc) is 3.09. The van der Waals surface area contributed by atoms with E-state index in [0.717, 1.165) is 18.1 Å². The highest BCUT2D eigenvalue weighted by molar-refractivity contribution is 6.16. The maximum atomic E-state index is 5.82. The summed E-state index contributed by atoms with van der Waals surface area (Å²) in [5.41, 5.74) is 0.966. The van der Waals surface area contributed by atoms with Gasteiger partial charge in [0.15, 0.2) is 0 Å². The zero-order valence-electron chi connectivity index (χ0n) is 9.99. The molecule has 0 spiro atoms. The van der Waals surface area contributed by atoms with Crippen molar-refractivity contribution in [3.63, 3.8) is 0 Å². The van der Waals surface area contributed by atoms with Gasteiger partial charge in [0, 0.05) is 12.6 Å². The molecule has 0 aromatic carbocycles. The topological polar surface area (TPSA) is 16.1 Å². The summed E-state index contributed by atoms with van der Waals surface area (Å²) in [5.74, 6) is 2.25. The first-order chi connectivity index (χ1) is 7.70. The van der Waals surface area contributed by atoms with Crippen LogP contribution in [0.2, 0.25) is 0 Å². The summed E-state index contributed by atoms with van der Waals surface area (Å²) in [6.45, 7) is 5.59. The Morgan fingerprint density at radius 3 is 2.75 bits per heavy atom. The van der Waals surface area contributed by atoms with Gasteiger partial charge in [0.25, 0.3) is 0 Å². The fourth-order valence-electron chi connectivity index (χ4n) is 1.91. The molecule has 1 fully saturated rings. The number of nitrogens with zero attached hydrogens (tertiary/aromatic N) is 2. The molecular formula is C13H19ClN2. The lowest BCUT2D eigenvalue weighted by Crippen LogP contribution is -2.30. The van der Waals surface area contributed by atoms with Gasteiger partial charge in [0.1, 0.15) is 5.82 Å². The van der Waals surface area contributed by atoms with Crippen LogP contribution in [-0.2, 0) is 5.88 Å². The minimum Gasteiger partial charge on any atom is -0.353 e. The van der Waals surface area contributed by atoms with Gasteiger partial charge in [-0.15, -0.1) is 11.6 Å². The van der Waals surface area contributed by atoms with Crippen molar-refractivity contribution in [1.82, 2.24) is 4.98 Å². The van der Waals surface area contributed by atoms with Gasteiger partial charge in [0.05, 0.1) is 11.6 Å². The van der Waals surface area contributed by atoms with Crippen molar-refractivity contribution in [2.24, 2.45) is 5.92 Å². The largest absolute Gasteiger partial charge is 0.353 e. The Balaban J connectivity index is 2.16. The summed E-state index contributed by atoms with van der Waals surface area (Å²) in [4.78, 5) is 7.03. The molecule has 16 heavy (non-hydrogen) atoms. The molecule has 1 aromatic heterocycles. The van der Waals surface area contributed by atoms with Gasteiger partial charge in [-0.1, -0.05) is 19.9 Å². The SMILES string of the molecule is CC(C)CN(c1cccc(CCl)n1)C1CC1. The zero-order valence-corrected chi connectivity index (χ0v) is 10.7. The molecule has 0 atom stereocenters. The third kappa shape index (κ3) is 2.88. The molecule has 1 saturated carbocycles. The lowest BCUT2D eigenvalue weighted by atomic mass is 10.2. The van der Waals surface area contributed by atoms with E-state index in [1.54, 1.807) is 0 Å². The first-order valence-corrected chi connectivity index (χ1v) is 6.52. The molecule has 2 nitrogen and oxygen atoms in total. The number of halogens is 1. The maximum absolute atomic E-state index is 5.82. The quantitative estimate of drug-likeness (QED) is 0.731. The molecule has 0 unspecified atom stereocenters. The van der Waals surface area contributed by atoms with Gasteiger partial charge in [-0.2, -0.15) is 0 Å². The van der Waals surface area contributed by atoms with Crippen LogP contribution in [0.1, 0.15) is 32.4 Å². The van der Waals surface area contributed by atoms with Crippen LogP contribution in [0.4, 0.5) is 5.82 Å². The van der Waals surface area contributed by atoms with Crippen molar-refractivity contribution in [3.8, 4) is 0 Å². The lowest BCUT2D eigenvalue weighted by molar-refractivity contribution is 0.602. The van der Waals surface area contributed by atoms with Gasteiger partial charge >= 0.3 is 0 Å². The minimum absolute atomic E-state index is 0.494. The van der Waals surface area contributed by atoms with Crippen molar-refractivity contribution in [1.29, 1.82) is 0 Å². The van der Waals surface area contributed by atoms with E-state index < -0.39 is 0 Å². The van der Waals surface area contributed by atoms with Crippen molar-refractivity contribution < 1.29 is 0 Å². The molecule has 0 bridgehead atoms. The third-order valence-corrected chi connectivity index (χ3v) is 3.05. The predicted molar refractivity (Wildman–Crippen MR) is 69.0 cm³/mol. The lowest BCUT2D eigenvalue weighted by Gasteiger charge is -2.25. The van der Waals surface area contributed by atoms with Crippen molar-refractivity contribution in [2.75, 3.05) is 11.4 Å². The molecule has 3 heteroatoms. The molecule has 1 aromatic rings. The van der Waals surface area contributed by atoms with E-state index in [4.69, 9.17) is 11.6 Å². The number of hydrogen-bond acceptors (Lipinski definition) is 2. The predicted octanol–water partition coefficient (Wildman–Crippen LogP) is 3.45. The Bertz CT molecular complexity index is 348. The fourth-order valence-corrected chi connectivity index (χ4v) is 2.06. The monoisotopic (exact) mass is 238 g/mol. The Kier molecular flexibility index (Phi) is 3.70. The smallest absolute Gasteiger partial charge is 0.129 e. The first kappa shape index (κ1) is 11.7. The van der Waals surface area contributed by atoms with Crippen LogP contribution < -0.4 is 4.90 Å². The number of anilines is 1. The zero-order chi connectivity index (χ0) is 11.5. The molecule has 88 valence electrons. The van der Waals surface area contributed by atoms with Gasteiger partial charge in [0.2, 0.25) is 0 Å². The summed E-state index contributed by atoms with van der Waals surface area (Å²) in [7, 11) is 0. The summed E-state index contributed by atoms with van der Waals surface area (Å²) in [5, 5.41) is 0. The highest BCUT2D eigenvalue weighted by Gasteiger charge is 2.30. The standard InChI is InChI=1S/C13H19ClN2/c1-10(2)9-16(12-6-7-12)13-5-3-4-11(8-14)15-13/h3-5,10,12H,6-9H2,1-2H3. The van der Waals surface area contributed by atoms with Crippen molar-refractivity contribution in [2.45, 2.75) is 38.6 Å². The number of hydrogen-bond donors (Lipinski definition) is 0.